The summed E-state index contributed by atoms with van der Waals surface area (Å²) in [6.07, 6.45) is 1.82. The van der Waals surface area contributed by atoms with Gasteiger partial charge in [-0.05, 0) is 36.8 Å². The Morgan fingerprint density at radius 1 is 1.39 bits per heavy atom. The van der Waals surface area contributed by atoms with Crippen LogP contribution in [0, 0.1) is 11.2 Å². The third-order valence-electron chi connectivity index (χ3n) is 3.32. The zero-order chi connectivity index (χ0) is 13.0. The van der Waals surface area contributed by atoms with E-state index >= 15 is 0 Å². The SMILES string of the molecule is Fc1ccc(Br)cc1OCC1(CS)CCOCC1. The van der Waals surface area contributed by atoms with Crippen LogP contribution in [-0.4, -0.2) is 25.6 Å². The normalized spacial score (nSPS) is 18.6. The molecule has 1 aromatic rings. The summed E-state index contributed by atoms with van der Waals surface area (Å²) in [7, 11) is 0. The number of benzene rings is 1. The van der Waals surface area contributed by atoms with Gasteiger partial charge in [0.15, 0.2) is 11.6 Å². The maximum atomic E-state index is 13.6. The Kier molecular flexibility index (Phi) is 4.92. The monoisotopic (exact) mass is 334 g/mol. The Balaban J connectivity index is 2.03. The number of halogens is 2. The van der Waals surface area contributed by atoms with Crippen molar-refractivity contribution in [1.29, 1.82) is 0 Å². The lowest BCUT2D eigenvalue weighted by atomic mass is 9.83. The summed E-state index contributed by atoms with van der Waals surface area (Å²) in [5.41, 5.74) is -0.00385. The first-order chi connectivity index (χ1) is 8.65. The van der Waals surface area contributed by atoms with Crippen molar-refractivity contribution in [1.82, 2.24) is 0 Å². The van der Waals surface area contributed by atoms with E-state index in [9.17, 15) is 4.39 Å². The fourth-order valence-corrected chi connectivity index (χ4v) is 2.72. The van der Waals surface area contributed by atoms with Crippen LogP contribution in [0.25, 0.3) is 0 Å². The van der Waals surface area contributed by atoms with Gasteiger partial charge in [-0.2, -0.15) is 12.6 Å². The van der Waals surface area contributed by atoms with E-state index in [0.717, 1.165) is 36.3 Å². The maximum Gasteiger partial charge on any atom is 0.165 e. The van der Waals surface area contributed by atoms with E-state index in [-0.39, 0.29) is 17.0 Å². The molecule has 1 aliphatic heterocycles. The van der Waals surface area contributed by atoms with Crippen LogP contribution in [0.4, 0.5) is 4.39 Å². The first-order valence-electron chi connectivity index (χ1n) is 5.92. The average Bonchev–Trinajstić information content (AvgIpc) is 2.41. The minimum Gasteiger partial charge on any atom is -0.490 e. The lowest BCUT2D eigenvalue weighted by Gasteiger charge is -2.35. The number of rotatable bonds is 4. The van der Waals surface area contributed by atoms with Crippen LogP contribution in [-0.2, 0) is 4.74 Å². The topological polar surface area (TPSA) is 18.5 Å². The van der Waals surface area contributed by atoms with Gasteiger partial charge in [0.05, 0.1) is 6.61 Å². The summed E-state index contributed by atoms with van der Waals surface area (Å²) in [6.45, 7) is 1.93. The molecule has 2 nitrogen and oxygen atoms in total. The van der Waals surface area contributed by atoms with Crippen LogP contribution in [0.5, 0.6) is 5.75 Å². The first kappa shape index (κ1) is 14.2. The quantitative estimate of drug-likeness (QED) is 0.846. The number of thiol groups is 1. The second kappa shape index (κ2) is 6.26. The fourth-order valence-electron chi connectivity index (χ4n) is 1.97. The Bertz CT molecular complexity index is 408. The van der Waals surface area contributed by atoms with Crippen molar-refractivity contribution in [3.05, 3.63) is 28.5 Å². The summed E-state index contributed by atoms with van der Waals surface area (Å²) in [5.74, 6) is 0.683. The molecule has 1 heterocycles. The predicted molar refractivity (Wildman–Crippen MR) is 75.9 cm³/mol. The molecule has 1 fully saturated rings. The second-order valence-corrected chi connectivity index (χ2v) is 5.87. The van der Waals surface area contributed by atoms with E-state index < -0.39 is 0 Å². The fraction of sp³-hybridized carbons (Fsp3) is 0.538. The van der Waals surface area contributed by atoms with Gasteiger partial charge in [-0.15, -0.1) is 0 Å². The molecule has 0 saturated carbocycles. The van der Waals surface area contributed by atoms with E-state index in [1.54, 1.807) is 12.1 Å². The van der Waals surface area contributed by atoms with Gasteiger partial charge in [-0.3, -0.25) is 0 Å². The van der Waals surface area contributed by atoms with E-state index in [1.165, 1.54) is 6.07 Å². The zero-order valence-electron chi connectivity index (χ0n) is 9.99. The Morgan fingerprint density at radius 2 is 2.11 bits per heavy atom. The molecule has 0 aromatic heterocycles. The van der Waals surface area contributed by atoms with Crippen molar-refractivity contribution in [3.63, 3.8) is 0 Å². The van der Waals surface area contributed by atoms with E-state index in [2.05, 4.69) is 28.6 Å². The van der Waals surface area contributed by atoms with Crippen LogP contribution >= 0.6 is 28.6 Å². The minimum absolute atomic E-state index is 0.00385. The molecular formula is C13H16BrFO2S. The predicted octanol–water partition coefficient (Wildman–Crippen LogP) is 3.69. The summed E-state index contributed by atoms with van der Waals surface area (Å²) >= 11 is 7.71. The Morgan fingerprint density at radius 3 is 2.78 bits per heavy atom. The van der Waals surface area contributed by atoms with Crippen molar-refractivity contribution in [2.24, 2.45) is 5.41 Å². The molecule has 1 aromatic carbocycles. The third-order valence-corrected chi connectivity index (χ3v) is 4.48. The smallest absolute Gasteiger partial charge is 0.165 e. The highest BCUT2D eigenvalue weighted by atomic mass is 79.9. The third kappa shape index (κ3) is 3.39. The number of hydrogen-bond donors (Lipinski definition) is 1. The Hall–Kier alpha value is -0.260. The van der Waals surface area contributed by atoms with Gasteiger partial charge >= 0.3 is 0 Å². The van der Waals surface area contributed by atoms with Crippen molar-refractivity contribution in [2.75, 3.05) is 25.6 Å². The molecular weight excluding hydrogens is 319 g/mol. The van der Waals surface area contributed by atoms with Gasteiger partial charge in [0.25, 0.3) is 0 Å². The van der Waals surface area contributed by atoms with Crippen LogP contribution in [0.1, 0.15) is 12.8 Å². The van der Waals surface area contributed by atoms with Crippen LogP contribution < -0.4 is 4.74 Å². The lowest BCUT2D eigenvalue weighted by Crippen LogP contribution is -2.37. The average molecular weight is 335 g/mol. The standard InChI is InChI=1S/C13H16BrFO2S/c14-10-1-2-11(15)12(7-10)17-8-13(9-18)3-5-16-6-4-13/h1-2,7,18H,3-6,8-9H2. The van der Waals surface area contributed by atoms with Gasteiger partial charge in [-0.25, -0.2) is 4.39 Å². The molecule has 0 amide bonds. The van der Waals surface area contributed by atoms with Gasteiger partial charge in [0.1, 0.15) is 0 Å². The van der Waals surface area contributed by atoms with Crippen LogP contribution in [0.2, 0.25) is 0 Å². The van der Waals surface area contributed by atoms with E-state index in [1.807, 2.05) is 0 Å². The molecule has 0 unspecified atom stereocenters. The van der Waals surface area contributed by atoms with Gasteiger partial charge in [-0.1, -0.05) is 15.9 Å². The highest BCUT2D eigenvalue weighted by Gasteiger charge is 2.32. The Labute approximate surface area is 120 Å². The van der Waals surface area contributed by atoms with E-state index in [0.29, 0.717) is 6.61 Å². The molecule has 100 valence electrons. The molecule has 0 spiro atoms. The van der Waals surface area contributed by atoms with Crippen molar-refractivity contribution < 1.29 is 13.9 Å². The molecule has 18 heavy (non-hydrogen) atoms. The first-order valence-corrected chi connectivity index (χ1v) is 7.34. The summed E-state index contributed by atoms with van der Waals surface area (Å²) in [6, 6.07) is 4.71. The summed E-state index contributed by atoms with van der Waals surface area (Å²) in [4.78, 5) is 0. The van der Waals surface area contributed by atoms with Crippen molar-refractivity contribution in [3.8, 4) is 5.75 Å². The molecule has 0 bridgehead atoms. The van der Waals surface area contributed by atoms with Crippen LogP contribution in [0.3, 0.4) is 0 Å². The molecule has 1 aliphatic rings. The van der Waals surface area contributed by atoms with E-state index in [4.69, 9.17) is 9.47 Å². The van der Waals surface area contributed by atoms with Gasteiger partial charge < -0.3 is 9.47 Å². The molecule has 1 saturated heterocycles. The van der Waals surface area contributed by atoms with Crippen molar-refractivity contribution in [2.45, 2.75) is 12.8 Å². The molecule has 5 heteroatoms. The highest BCUT2D eigenvalue weighted by molar-refractivity contribution is 9.10. The van der Waals surface area contributed by atoms with Crippen molar-refractivity contribution >= 4 is 28.6 Å². The summed E-state index contributed by atoms with van der Waals surface area (Å²) < 4.78 is 25.4. The van der Waals surface area contributed by atoms with Crippen LogP contribution in [0.15, 0.2) is 22.7 Å². The molecule has 0 N–H and O–H groups in total. The highest BCUT2D eigenvalue weighted by Crippen LogP contribution is 2.33. The molecule has 2 rings (SSSR count). The molecule has 0 radical (unpaired) electrons. The zero-order valence-corrected chi connectivity index (χ0v) is 12.5. The second-order valence-electron chi connectivity index (χ2n) is 4.63. The van der Waals surface area contributed by atoms with Gasteiger partial charge in [0, 0.05) is 23.1 Å². The molecule has 0 aliphatic carbocycles. The summed E-state index contributed by atoms with van der Waals surface area (Å²) in [5, 5.41) is 0. The number of ether oxygens (including phenoxy) is 2. The minimum atomic E-state index is -0.334. The molecule has 0 atom stereocenters. The largest absolute Gasteiger partial charge is 0.490 e. The maximum absolute atomic E-state index is 13.6. The number of hydrogen-bond acceptors (Lipinski definition) is 3. The lowest BCUT2D eigenvalue weighted by molar-refractivity contribution is 0.00245. The van der Waals surface area contributed by atoms with Gasteiger partial charge in [0.2, 0.25) is 0 Å².